The fraction of sp³-hybridized carbons (Fsp3) is 0.0952. The largest absolute Gasteiger partial charge is 0.507 e. The van der Waals surface area contributed by atoms with Crippen molar-refractivity contribution in [1.82, 2.24) is 4.98 Å². The van der Waals surface area contributed by atoms with E-state index in [4.69, 9.17) is 4.42 Å². The minimum absolute atomic E-state index is 0.130. The number of anilines is 1. The molecule has 140 valence electrons. The van der Waals surface area contributed by atoms with Crippen molar-refractivity contribution in [3.8, 4) is 0 Å². The van der Waals surface area contributed by atoms with Gasteiger partial charge in [0, 0.05) is 23.6 Å². The summed E-state index contributed by atoms with van der Waals surface area (Å²) in [6, 6.07) is 10.7. The van der Waals surface area contributed by atoms with Gasteiger partial charge in [0.05, 0.1) is 5.57 Å². The number of aliphatic hydroxyl groups excluding tert-OH is 1. The van der Waals surface area contributed by atoms with Crippen molar-refractivity contribution in [1.29, 1.82) is 0 Å². The van der Waals surface area contributed by atoms with Crippen LogP contribution in [0.25, 0.3) is 5.76 Å². The van der Waals surface area contributed by atoms with Crippen LogP contribution in [0.3, 0.4) is 0 Å². The molecule has 3 aromatic rings. The van der Waals surface area contributed by atoms with Crippen LogP contribution in [0.2, 0.25) is 0 Å². The Labute approximate surface area is 159 Å². The quantitative estimate of drug-likeness (QED) is 0.426. The maximum absolute atomic E-state index is 13.8. The molecule has 1 fully saturated rings. The zero-order chi connectivity index (χ0) is 19.8. The topological polar surface area (TPSA) is 83.6 Å². The monoisotopic (exact) mass is 378 g/mol. The molecule has 1 amide bonds. The molecule has 0 saturated carbocycles. The second kappa shape index (κ2) is 6.77. The van der Waals surface area contributed by atoms with Crippen molar-refractivity contribution in [2.75, 3.05) is 4.90 Å². The lowest BCUT2D eigenvalue weighted by Crippen LogP contribution is -2.29. The number of aryl methyl sites for hydroxylation is 1. The Balaban J connectivity index is 1.95. The van der Waals surface area contributed by atoms with E-state index in [2.05, 4.69) is 4.98 Å². The third-order valence-electron chi connectivity index (χ3n) is 4.52. The summed E-state index contributed by atoms with van der Waals surface area (Å²) in [6.07, 6.45) is 2.92. The molecule has 7 heteroatoms. The van der Waals surface area contributed by atoms with Crippen LogP contribution in [0.5, 0.6) is 0 Å². The molecular formula is C21H15FN2O4. The van der Waals surface area contributed by atoms with Gasteiger partial charge in [-0.25, -0.2) is 4.39 Å². The average molecular weight is 378 g/mol. The molecule has 0 radical (unpaired) electrons. The van der Waals surface area contributed by atoms with Gasteiger partial charge in [-0.3, -0.25) is 19.5 Å². The van der Waals surface area contributed by atoms with E-state index in [1.165, 1.54) is 42.7 Å². The number of Topliss-reactive ketones (excluding diaryl/α,β-unsaturated/α-hetero) is 1. The van der Waals surface area contributed by atoms with Gasteiger partial charge in [-0.15, -0.1) is 0 Å². The summed E-state index contributed by atoms with van der Waals surface area (Å²) in [4.78, 5) is 30.6. The number of halogens is 1. The van der Waals surface area contributed by atoms with Crippen LogP contribution in [-0.2, 0) is 9.59 Å². The Hall–Kier alpha value is -3.74. The molecule has 4 rings (SSSR count). The summed E-state index contributed by atoms with van der Waals surface area (Å²) in [5, 5.41) is 10.8. The lowest BCUT2D eigenvalue weighted by molar-refractivity contribution is -0.132. The SMILES string of the molecule is Cc1ccc(C2/C(=C(/O)c3ccncc3)C(=O)C(=O)N2c2cccc(F)c2)o1. The third kappa shape index (κ3) is 2.87. The predicted octanol–water partition coefficient (Wildman–Crippen LogP) is 3.75. The normalized spacial score (nSPS) is 18.6. The number of carbonyl (C=O) groups is 2. The van der Waals surface area contributed by atoms with Crippen LogP contribution >= 0.6 is 0 Å². The van der Waals surface area contributed by atoms with Gasteiger partial charge in [0.1, 0.15) is 29.1 Å². The van der Waals surface area contributed by atoms with Gasteiger partial charge in [0.25, 0.3) is 11.7 Å². The molecule has 1 aliphatic heterocycles. The highest BCUT2D eigenvalue weighted by Gasteiger charge is 2.48. The number of nitrogens with zero attached hydrogens (tertiary/aromatic N) is 2. The molecular weight excluding hydrogens is 363 g/mol. The maximum atomic E-state index is 13.8. The number of aliphatic hydroxyl groups is 1. The number of ketones is 1. The van der Waals surface area contributed by atoms with E-state index < -0.39 is 23.5 Å². The van der Waals surface area contributed by atoms with E-state index in [1.807, 2.05) is 0 Å². The Bertz CT molecular complexity index is 1100. The number of pyridine rings is 1. The first kappa shape index (κ1) is 17.7. The Morgan fingerprint density at radius 1 is 1.14 bits per heavy atom. The molecule has 0 aliphatic carbocycles. The fourth-order valence-corrected chi connectivity index (χ4v) is 3.26. The van der Waals surface area contributed by atoms with E-state index in [9.17, 15) is 19.1 Å². The highest BCUT2D eigenvalue weighted by molar-refractivity contribution is 6.51. The van der Waals surface area contributed by atoms with Gasteiger partial charge in [0.2, 0.25) is 0 Å². The lowest BCUT2D eigenvalue weighted by Gasteiger charge is -2.23. The van der Waals surface area contributed by atoms with Crippen molar-refractivity contribution < 1.29 is 23.5 Å². The number of furan rings is 1. The Morgan fingerprint density at radius 3 is 2.54 bits per heavy atom. The second-order valence-electron chi connectivity index (χ2n) is 6.33. The van der Waals surface area contributed by atoms with Gasteiger partial charge >= 0.3 is 0 Å². The molecule has 1 saturated heterocycles. The average Bonchev–Trinajstić information content (AvgIpc) is 3.23. The Kier molecular flexibility index (Phi) is 4.27. The summed E-state index contributed by atoms with van der Waals surface area (Å²) in [7, 11) is 0. The van der Waals surface area contributed by atoms with Crippen LogP contribution < -0.4 is 4.90 Å². The van der Waals surface area contributed by atoms with Crippen molar-refractivity contribution in [2.45, 2.75) is 13.0 Å². The third-order valence-corrected chi connectivity index (χ3v) is 4.52. The maximum Gasteiger partial charge on any atom is 0.300 e. The predicted molar refractivity (Wildman–Crippen MR) is 98.9 cm³/mol. The van der Waals surface area contributed by atoms with E-state index in [0.717, 1.165) is 11.0 Å². The highest BCUT2D eigenvalue weighted by atomic mass is 19.1. The number of amides is 1. The summed E-state index contributed by atoms with van der Waals surface area (Å²) in [6.45, 7) is 1.72. The van der Waals surface area contributed by atoms with Crippen molar-refractivity contribution in [3.05, 3.63) is 89.4 Å². The molecule has 0 spiro atoms. The first-order chi connectivity index (χ1) is 13.5. The summed E-state index contributed by atoms with van der Waals surface area (Å²) >= 11 is 0. The molecule has 1 aromatic carbocycles. The van der Waals surface area contributed by atoms with Crippen LogP contribution in [0.1, 0.15) is 23.1 Å². The first-order valence-corrected chi connectivity index (χ1v) is 8.50. The van der Waals surface area contributed by atoms with E-state index in [-0.39, 0.29) is 22.8 Å². The smallest absolute Gasteiger partial charge is 0.300 e. The van der Waals surface area contributed by atoms with Crippen LogP contribution in [0, 0.1) is 12.7 Å². The van der Waals surface area contributed by atoms with Crippen molar-refractivity contribution >= 4 is 23.1 Å². The molecule has 0 bridgehead atoms. The van der Waals surface area contributed by atoms with Gasteiger partial charge in [0.15, 0.2) is 0 Å². The van der Waals surface area contributed by atoms with E-state index >= 15 is 0 Å². The molecule has 28 heavy (non-hydrogen) atoms. The number of benzene rings is 1. The van der Waals surface area contributed by atoms with Crippen molar-refractivity contribution in [2.24, 2.45) is 0 Å². The van der Waals surface area contributed by atoms with Crippen LogP contribution in [0.4, 0.5) is 10.1 Å². The minimum atomic E-state index is -1.02. The number of aromatic nitrogens is 1. The van der Waals surface area contributed by atoms with Gasteiger partial charge < -0.3 is 9.52 Å². The molecule has 3 heterocycles. The molecule has 1 atom stereocenters. The van der Waals surface area contributed by atoms with E-state index in [0.29, 0.717) is 11.3 Å². The van der Waals surface area contributed by atoms with Crippen LogP contribution in [0.15, 0.2) is 70.9 Å². The molecule has 2 aromatic heterocycles. The van der Waals surface area contributed by atoms with Gasteiger partial charge in [-0.05, 0) is 49.4 Å². The molecule has 1 N–H and O–H groups in total. The van der Waals surface area contributed by atoms with Crippen molar-refractivity contribution in [3.63, 3.8) is 0 Å². The molecule has 6 nitrogen and oxygen atoms in total. The lowest BCUT2D eigenvalue weighted by atomic mass is 9.99. The standard InChI is InChI=1S/C21H15FN2O4/c1-12-5-6-16(28-12)18-17(19(25)13-7-9-23-10-8-13)20(26)21(27)24(18)15-4-2-3-14(22)11-15/h2-11,18,25H,1H3/b19-17-. The number of hydrogen-bond donors (Lipinski definition) is 1. The summed E-state index contributed by atoms with van der Waals surface area (Å²) in [5.74, 6) is -1.79. The van der Waals surface area contributed by atoms with Gasteiger partial charge in [-0.1, -0.05) is 6.07 Å². The molecule has 1 aliphatic rings. The van der Waals surface area contributed by atoms with E-state index in [1.54, 1.807) is 19.1 Å². The highest BCUT2D eigenvalue weighted by Crippen LogP contribution is 2.42. The Morgan fingerprint density at radius 2 is 1.89 bits per heavy atom. The second-order valence-corrected chi connectivity index (χ2v) is 6.33. The minimum Gasteiger partial charge on any atom is -0.507 e. The fourth-order valence-electron chi connectivity index (χ4n) is 3.26. The number of hydrogen-bond acceptors (Lipinski definition) is 5. The van der Waals surface area contributed by atoms with Gasteiger partial charge in [-0.2, -0.15) is 0 Å². The summed E-state index contributed by atoms with van der Waals surface area (Å²) in [5.41, 5.74) is 0.394. The first-order valence-electron chi connectivity index (χ1n) is 8.50. The molecule has 1 unspecified atom stereocenters. The summed E-state index contributed by atoms with van der Waals surface area (Å²) < 4.78 is 19.4. The zero-order valence-electron chi connectivity index (χ0n) is 14.8. The van der Waals surface area contributed by atoms with Crippen LogP contribution in [-0.4, -0.2) is 21.8 Å². The number of carbonyl (C=O) groups excluding carboxylic acids is 2. The number of rotatable bonds is 3. The zero-order valence-corrected chi connectivity index (χ0v) is 14.8.